The van der Waals surface area contributed by atoms with E-state index in [1.165, 1.54) is 0 Å². The van der Waals surface area contributed by atoms with Crippen LogP contribution in [0.4, 0.5) is 0 Å². The molecule has 1 N–H and O–H groups in total. The second kappa shape index (κ2) is 3.53. The van der Waals surface area contributed by atoms with Gasteiger partial charge >= 0.3 is 0 Å². The third kappa shape index (κ3) is 1.80. The first kappa shape index (κ1) is 8.27. The van der Waals surface area contributed by atoms with Gasteiger partial charge in [0, 0.05) is 18.7 Å². The molecule has 1 aliphatic rings. The van der Waals surface area contributed by atoms with Crippen LogP contribution in [-0.4, -0.2) is 24.0 Å². The second-order valence-electron chi connectivity index (χ2n) is 2.69. The maximum absolute atomic E-state index is 11.4. The maximum Gasteiger partial charge on any atom is 0.263 e. The Balaban J connectivity index is 2.53. The lowest BCUT2D eigenvalue weighted by atomic mass is 10.3. The van der Waals surface area contributed by atoms with E-state index in [4.69, 9.17) is 0 Å². The lowest BCUT2D eigenvalue weighted by molar-refractivity contribution is -0.128. The molecule has 11 heavy (non-hydrogen) atoms. The summed E-state index contributed by atoms with van der Waals surface area (Å²) in [4.78, 5) is 11.4. The van der Waals surface area contributed by atoms with Crippen LogP contribution in [-0.2, 0) is 4.79 Å². The summed E-state index contributed by atoms with van der Waals surface area (Å²) in [5.74, 6) is 0.102. The van der Waals surface area contributed by atoms with Gasteiger partial charge in [0.2, 0.25) is 0 Å². The summed E-state index contributed by atoms with van der Waals surface area (Å²) in [6.07, 6.45) is 2.89. The fraction of sp³-hybridized carbons (Fsp3) is 0.625. The molecule has 0 aliphatic carbocycles. The van der Waals surface area contributed by atoms with Crippen LogP contribution in [0.3, 0.4) is 0 Å². The number of allylic oxidation sites excluding steroid dienone is 1. The Bertz CT molecular complexity index is 181. The average molecular weight is 154 g/mol. The van der Waals surface area contributed by atoms with Crippen molar-refractivity contribution in [1.82, 2.24) is 10.4 Å². The molecule has 62 valence electrons. The van der Waals surface area contributed by atoms with E-state index in [1.807, 2.05) is 19.9 Å². The van der Waals surface area contributed by atoms with Crippen molar-refractivity contribution in [3.8, 4) is 0 Å². The topological polar surface area (TPSA) is 32.3 Å². The summed E-state index contributed by atoms with van der Waals surface area (Å²) in [6, 6.07) is 0. The Hall–Kier alpha value is -0.830. The van der Waals surface area contributed by atoms with Gasteiger partial charge in [-0.1, -0.05) is 6.08 Å². The van der Waals surface area contributed by atoms with Crippen molar-refractivity contribution in [2.24, 2.45) is 0 Å². The number of hydrogen-bond acceptors (Lipinski definition) is 2. The van der Waals surface area contributed by atoms with Crippen molar-refractivity contribution in [1.29, 1.82) is 0 Å². The van der Waals surface area contributed by atoms with Gasteiger partial charge in [-0.15, -0.1) is 0 Å². The fourth-order valence-electron chi connectivity index (χ4n) is 1.04. The molecule has 3 nitrogen and oxygen atoms in total. The van der Waals surface area contributed by atoms with Gasteiger partial charge in [-0.25, -0.2) is 5.43 Å². The molecule has 0 radical (unpaired) electrons. The van der Waals surface area contributed by atoms with Gasteiger partial charge in [-0.3, -0.25) is 9.80 Å². The van der Waals surface area contributed by atoms with Crippen LogP contribution >= 0.6 is 0 Å². The van der Waals surface area contributed by atoms with Crippen molar-refractivity contribution in [3.05, 3.63) is 11.6 Å². The van der Waals surface area contributed by atoms with Gasteiger partial charge in [0.05, 0.1) is 0 Å². The van der Waals surface area contributed by atoms with E-state index in [0.29, 0.717) is 0 Å². The van der Waals surface area contributed by atoms with E-state index in [2.05, 4.69) is 5.43 Å². The Labute approximate surface area is 67.0 Å². The van der Waals surface area contributed by atoms with Crippen molar-refractivity contribution in [2.45, 2.75) is 20.3 Å². The first-order chi connectivity index (χ1) is 5.25. The van der Waals surface area contributed by atoms with E-state index in [0.717, 1.165) is 25.1 Å². The highest BCUT2D eigenvalue weighted by molar-refractivity contribution is 5.92. The van der Waals surface area contributed by atoms with Crippen molar-refractivity contribution in [2.75, 3.05) is 13.1 Å². The number of nitrogens with one attached hydrogen (secondary N) is 1. The third-order valence-corrected chi connectivity index (χ3v) is 1.88. The maximum atomic E-state index is 11.4. The largest absolute Gasteiger partial charge is 0.274 e. The summed E-state index contributed by atoms with van der Waals surface area (Å²) in [5.41, 5.74) is 3.82. The molecule has 0 bridgehead atoms. The molecule has 0 atom stereocenters. The van der Waals surface area contributed by atoms with E-state index in [1.54, 1.807) is 5.01 Å². The number of amides is 1. The Morgan fingerprint density at radius 2 is 2.36 bits per heavy atom. The lowest BCUT2D eigenvalue weighted by Gasteiger charge is -2.15. The predicted molar refractivity (Wildman–Crippen MR) is 43.8 cm³/mol. The molecule has 0 unspecified atom stereocenters. The number of carbonyl (C=O) groups is 1. The van der Waals surface area contributed by atoms with Crippen LogP contribution in [0.25, 0.3) is 0 Å². The van der Waals surface area contributed by atoms with Crippen LogP contribution in [0.5, 0.6) is 0 Å². The van der Waals surface area contributed by atoms with Crippen LogP contribution in [0.1, 0.15) is 20.3 Å². The van der Waals surface area contributed by atoms with Crippen LogP contribution in [0.15, 0.2) is 11.6 Å². The van der Waals surface area contributed by atoms with Gasteiger partial charge in [-0.2, -0.15) is 0 Å². The van der Waals surface area contributed by atoms with Crippen molar-refractivity contribution < 1.29 is 4.79 Å². The highest BCUT2D eigenvalue weighted by Crippen LogP contribution is 2.03. The Morgan fingerprint density at radius 1 is 1.64 bits per heavy atom. The van der Waals surface area contributed by atoms with Gasteiger partial charge in [0.25, 0.3) is 5.91 Å². The summed E-state index contributed by atoms with van der Waals surface area (Å²) >= 11 is 0. The molecular formula is C8H14N2O. The van der Waals surface area contributed by atoms with Crippen molar-refractivity contribution >= 4 is 5.91 Å². The molecule has 1 amide bonds. The number of nitrogens with zero attached hydrogens (tertiary/aromatic N) is 1. The first-order valence-electron chi connectivity index (χ1n) is 3.94. The minimum absolute atomic E-state index is 0.102. The molecular weight excluding hydrogens is 140 g/mol. The molecule has 1 rings (SSSR count). The fourth-order valence-corrected chi connectivity index (χ4v) is 1.04. The quantitative estimate of drug-likeness (QED) is 0.563. The number of hydrazine groups is 1. The Morgan fingerprint density at radius 3 is 2.82 bits per heavy atom. The van der Waals surface area contributed by atoms with Crippen LogP contribution < -0.4 is 5.43 Å². The normalized spacial score (nSPS) is 19.1. The average Bonchev–Trinajstić information content (AvgIpc) is 2.53. The minimum atomic E-state index is 0.102. The number of rotatable bonds is 1. The molecule has 3 heteroatoms. The zero-order chi connectivity index (χ0) is 8.27. The standard InChI is InChI=1S/C8H14N2O/c1-3-7(2)8(11)10-6-4-5-9-10/h3,9H,4-6H2,1-2H3/b7-3-. The molecule has 0 aromatic carbocycles. The van der Waals surface area contributed by atoms with E-state index < -0.39 is 0 Å². The van der Waals surface area contributed by atoms with E-state index >= 15 is 0 Å². The molecule has 1 aliphatic heterocycles. The first-order valence-corrected chi connectivity index (χ1v) is 3.94. The summed E-state index contributed by atoms with van der Waals surface area (Å²) in [6.45, 7) is 5.47. The van der Waals surface area contributed by atoms with Crippen LogP contribution in [0, 0.1) is 0 Å². The summed E-state index contributed by atoms with van der Waals surface area (Å²) in [5, 5.41) is 1.68. The van der Waals surface area contributed by atoms with Gasteiger partial charge < -0.3 is 0 Å². The number of carbonyl (C=O) groups excluding carboxylic acids is 1. The lowest BCUT2D eigenvalue weighted by Crippen LogP contribution is -2.37. The van der Waals surface area contributed by atoms with Gasteiger partial charge in [0.15, 0.2) is 0 Å². The molecule has 0 spiro atoms. The molecule has 0 aromatic heterocycles. The zero-order valence-electron chi connectivity index (χ0n) is 7.05. The summed E-state index contributed by atoms with van der Waals surface area (Å²) < 4.78 is 0. The second-order valence-corrected chi connectivity index (χ2v) is 2.69. The van der Waals surface area contributed by atoms with Crippen molar-refractivity contribution in [3.63, 3.8) is 0 Å². The highest BCUT2D eigenvalue weighted by Gasteiger charge is 2.17. The van der Waals surface area contributed by atoms with Gasteiger partial charge in [0.1, 0.15) is 0 Å². The molecule has 0 aromatic rings. The van der Waals surface area contributed by atoms with E-state index in [9.17, 15) is 4.79 Å². The molecule has 1 saturated heterocycles. The zero-order valence-corrected chi connectivity index (χ0v) is 7.05. The van der Waals surface area contributed by atoms with Crippen LogP contribution in [0.2, 0.25) is 0 Å². The molecule has 1 fully saturated rings. The van der Waals surface area contributed by atoms with Gasteiger partial charge in [-0.05, 0) is 20.3 Å². The smallest absolute Gasteiger partial charge is 0.263 e. The minimum Gasteiger partial charge on any atom is -0.274 e. The number of hydrogen-bond donors (Lipinski definition) is 1. The summed E-state index contributed by atoms with van der Waals surface area (Å²) in [7, 11) is 0. The predicted octanol–water partition coefficient (Wildman–Crippen LogP) is 0.690. The SMILES string of the molecule is C/C=C(/C)C(=O)N1CCCN1. The van der Waals surface area contributed by atoms with E-state index in [-0.39, 0.29) is 5.91 Å². The molecule has 0 saturated carbocycles. The molecule has 1 heterocycles. The highest BCUT2D eigenvalue weighted by atomic mass is 16.2. The third-order valence-electron chi connectivity index (χ3n) is 1.88. The Kier molecular flexibility index (Phi) is 2.65. The monoisotopic (exact) mass is 154 g/mol.